The number of halogens is 6. The zero-order valence-electron chi connectivity index (χ0n) is 11.1. The van der Waals surface area contributed by atoms with Crippen LogP contribution in [0.4, 0.5) is 26.3 Å². The van der Waals surface area contributed by atoms with Crippen molar-refractivity contribution in [3.05, 3.63) is 35.2 Å². The highest BCUT2D eigenvalue weighted by atomic mass is 19.4. The van der Waals surface area contributed by atoms with Gasteiger partial charge in [0.1, 0.15) is 0 Å². The molecular weight excluding hydrogens is 334 g/mol. The largest absolute Gasteiger partial charge is 0.462 e. The van der Waals surface area contributed by atoms with Crippen LogP contribution in [0.2, 0.25) is 0 Å². The number of methoxy groups -OCH3 is 1. The predicted octanol–water partition coefficient (Wildman–Crippen LogP) is 3.56. The molecule has 0 fully saturated rings. The number of rotatable bonds is 2. The number of ether oxygens (including phenoxy) is 1. The Hall–Kier alpha value is -2.59. The van der Waals surface area contributed by atoms with Crippen LogP contribution in [0.15, 0.2) is 22.7 Å². The van der Waals surface area contributed by atoms with Crippen molar-refractivity contribution in [3.8, 4) is 11.4 Å². The molecule has 2 aromatic rings. The molecule has 1 heterocycles. The van der Waals surface area contributed by atoms with Crippen LogP contribution in [0.1, 0.15) is 21.8 Å². The lowest BCUT2D eigenvalue weighted by molar-refractivity contribution is -0.141. The molecule has 124 valence electrons. The molecule has 0 aliphatic rings. The van der Waals surface area contributed by atoms with Crippen molar-refractivity contribution < 1.29 is 40.4 Å². The van der Waals surface area contributed by atoms with E-state index in [2.05, 4.69) is 19.4 Å². The van der Waals surface area contributed by atoms with Crippen LogP contribution in [-0.4, -0.2) is 23.2 Å². The minimum Gasteiger partial charge on any atom is -0.462 e. The van der Waals surface area contributed by atoms with Crippen LogP contribution < -0.4 is 0 Å². The molecule has 0 bridgehead atoms. The number of nitrogens with zero attached hydrogens (tertiary/aromatic N) is 2. The Balaban J connectivity index is 2.62. The zero-order valence-corrected chi connectivity index (χ0v) is 11.1. The van der Waals surface area contributed by atoms with Crippen LogP contribution >= 0.6 is 0 Å². The molecule has 0 unspecified atom stereocenters. The van der Waals surface area contributed by atoms with Gasteiger partial charge in [0.25, 0.3) is 0 Å². The summed E-state index contributed by atoms with van der Waals surface area (Å²) >= 11 is 0. The van der Waals surface area contributed by atoms with Crippen molar-refractivity contribution in [2.45, 2.75) is 12.4 Å². The van der Waals surface area contributed by atoms with E-state index < -0.39 is 46.7 Å². The van der Waals surface area contributed by atoms with Crippen molar-refractivity contribution in [1.82, 2.24) is 10.1 Å². The summed E-state index contributed by atoms with van der Waals surface area (Å²) in [6.45, 7) is 0. The van der Waals surface area contributed by atoms with Crippen LogP contribution in [0, 0.1) is 0 Å². The summed E-state index contributed by atoms with van der Waals surface area (Å²) in [7, 11) is 0.956. The van der Waals surface area contributed by atoms with Crippen LogP contribution in [0.25, 0.3) is 11.4 Å². The molecular formula is C12H6F6N2O3. The lowest BCUT2D eigenvalue weighted by Crippen LogP contribution is -2.11. The maximum atomic E-state index is 12.9. The van der Waals surface area contributed by atoms with E-state index in [9.17, 15) is 31.1 Å². The van der Waals surface area contributed by atoms with Crippen molar-refractivity contribution in [2.24, 2.45) is 0 Å². The first-order valence-corrected chi connectivity index (χ1v) is 5.75. The topological polar surface area (TPSA) is 65.2 Å². The maximum absolute atomic E-state index is 12.9. The quantitative estimate of drug-likeness (QED) is 0.618. The minimum atomic E-state index is -4.95. The van der Waals surface area contributed by atoms with Gasteiger partial charge in [-0.15, -0.1) is 0 Å². The smallest absolute Gasteiger partial charge is 0.417 e. The van der Waals surface area contributed by atoms with Gasteiger partial charge in [0.05, 0.1) is 18.2 Å². The van der Waals surface area contributed by atoms with Crippen molar-refractivity contribution in [2.75, 3.05) is 7.11 Å². The molecule has 1 aromatic heterocycles. The molecule has 1 aromatic carbocycles. The standard InChI is InChI=1S/C12H6F6N2O3/c1-22-10(21)9-19-8(20-23-9)6-4-5(11(13,14)15)2-3-7(6)12(16,17)18/h2-4H,1H3. The number of benzene rings is 1. The first-order valence-electron chi connectivity index (χ1n) is 5.75. The second-order valence-electron chi connectivity index (χ2n) is 4.17. The van der Waals surface area contributed by atoms with E-state index in [0.717, 1.165) is 7.11 Å². The van der Waals surface area contributed by atoms with Gasteiger partial charge in [-0.25, -0.2) is 4.79 Å². The minimum absolute atomic E-state index is 0.231. The summed E-state index contributed by atoms with van der Waals surface area (Å²) in [6, 6.07) is 0.773. The van der Waals surface area contributed by atoms with Gasteiger partial charge in [0.15, 0.2) is 0 Å². The molecule has 2 rings (SSSR count). The second-order valence-corrected chi connectivity index (χ2v) is 4.17. The fourth-order valence-electron chi connectivity index (χ4n) is 1.66. The van der Waals surface area contributed by atoms with Gasteiger partial charge in [-0.05, 0) is 18.2 Å². The molecule has 5 nitrogen and oxygen atoms in total. The van der Waals surface area contributed by atoms with Gasteiger partial charge >= 0.3 is 24.2 Å². The zero-order chi connectivity index (χ0) is 17.4. The molecule has 0 N–H and O–H groups in total. The van der Waals surface area contributed by atoms with E-state index in [-0.39, 0.29) is 18.2 Å². The fraction of sp³-hybridized carbons (Fsp3) is 0.250. The van der Waals surface area contributed by atoms with Crippen LogP contribution in [0.5, 0.6) is 0 Å². The molecule has 0 amide bonds. The van der Waals surface area contributed by atoms with E-state index in [1.165, 1.54) is 0 Å². The number of aromatic nitrogens is 2. The molecule has 0 spiro atoms. The molecule has 23 heavy (non-hydrogen) atoms. The van der Waals surface area contributed by atoms with Crippen LogP contribution in [0.3, 0.4) is 0 Å². The normalized spacial score (nSPS) is 12.3. The van der Waals surface area contributed by atoms with E-state index in [4.69, 9.17) is 0 Å². The summed E-state index contributed by atoms with van der Waals surface area (Å²) in [5, 5.41) is 3.10. The van der Waals surface area contributed by atoms with Crippen molar-refractivity contribution in [3.63, 3.8) is 0 Å². The highest BCUT2D eigenvalue weighted by Crippen LogP contribution is 2.39. The lowest BCUT2D eigenvalue weighted by Gasteiger charge is -2.13. The number of alkyl halides is 6. The number of carbonyl (C=O) groups is 1. The summed E-state index contributed by atoms with van der Waals surface area (Å²) in [5.41, 5.74) is -3.70. The molecule has 0 atom stereocenters. The SMILES string of the molecule is COC(=O)c1nc(-c2cc(C(F)(F)F)ccc2C(F)(F)F)no1. The lowest BCUT2D eigenvalue weighted by atomic mass is 10.0. The summed E-state index contributed by atoms with van der Waals surface area (Å²) < 4.78 is 85.4. The summed E-state index contributed by atoms with van der Waals surface area (Å²) in [5.74, 6) is -2.74. The Morgan fingerprint density at radius 1 is 1.13 bits per heavy atom. The molecule has 0 radical (unpaired) electrons. The third kappa shape index (κ3) is 3.43. The maximum Gasteiger partial charge on any atom is 0.417 e. The van der Waals surface area contributed by atoms with Gasteiger partial charge in [-0.2, -0.15) is 31.3 Å². The first kappa shape index (κ1) is 16.8. The molecule has 0 saturated carbocycles. The van der Waals surface area contributed by atoms with Gasteiger partial charge in [0, 0.05) is 5.56 Å². The van der Waals surface area contributed by atoms with Gasteiger partial charge in [-0.1, -0.05) is 5.16 Å². The third-order valence-corrected chi connectivity index (χ3v) is 2.68. The van der Waals surface area contributed by atoms with E-state index >= 15 is 0 Å². The van der Waals surface area contributed by atoms with E-state index in [1.54, 1.807) is 0 Å². The first-order chi connectivity index (χ1) is 10.5. The number of carbonyl (C=O) groups excluding carboxylic acids is 1. The van der Waals surface area contributed by atoms with E-state index in [0.29, 0.717) is 0 Å². The highest BCUT2D eigenvalue weighted by Gasteiger charge is 2.38. The fourth-order valence-corrected chi connectivity index (χ4v) is 1.66. The van der Waals surface area contributed by atoms with Crippen molar-refractivity contribution >= 4 is 5.97 Å². The van der Waals surface area contributed by atoms with E-state index in [1.807, 2.05) is 0 Å². The Labute approximate surface area is 123 Å². The molecule has 0 saturated heterocycles. The monoisotopic (exact) mass is 340 g/mol. The average Bonchev–Trinajstić information content (AvgIpc) is 2.93. The van der Waals surface area contributed by atoms with Crippen molar-refractivity contribution in [1.29, 1.82) is 0 Å². The molecule has 11 heteroatoms. The molecule has 0 aliphatic carbocycles. The number of esters is 1. The Morgan fingerprint density at radius 3 is 2.30 bits per heavy atom. The van der Waals surface area contributed by atoms with Gasteiger partial charge < -0.3 is 9.26 Å². The highest BCUT2D eigenvalue weighted by molar-refractivity contribution is 5.84. The van der Waals surface area contributed by atoms with Gasteiger partial charge in [0.2, 0.25) is 5.82 Å². The average molecular weight is 340 g/mol. The third-order valence-electron chi connectivity index (χ3n) is 2.68. The molecule has 0 aliphatic heterocycles. The summed E-state index contributed by atoms with van der Waals surface area (Å²) in [6.07, 6.45) is -9.82. The Kier molecular flexibility index (Phi) is 4.05. The Morgan fingerprint density at radius 2 is 1.78 bits per heavy atom. The Bertz CT molecular complexity index is 735. The number of hydrogen-bond acceptors (Lipinski definition) is 5. The predicted molar refractivity (Wildman–Crippen MR) is 61.1 cm³/mol. The number of hydrogen-bond donors (Lipinski definition) is 0. The van der Waals surface area contributed by atoms with Crippen LogP contribution in [-0.2, 0) is 17.1 Å². The van der Waals surface area contributed by atoms with Gasteiger partial charge in [-0.3, -0.25) is 0 Å². The summed E-state index contributed by atoms with van der Waals surface area (Å²) in [4.78, 5) is 14.5. The second kappa shape index (κ2) is 5.56.